The van der Waals surface area contributed by atoms with Crippen molar-refractivity contribution in [1.82, 2.24) is 4.90 Å². The molecular formula is C14H25NO3. The van der Waals surface area contributed by atoms with Gasteiger partial charge in [0, 0.05) is 24.4 Å². The molecule has 18 heavy (non-hydrogen) atoms. The number of carbonyl (C=O) groups is 1. The summed E-state index contributed by atoms with van der Waals surface area (Å²) in [5.41, 5.74) is -0.252. The Morgan fingerprint density at radius 3 is 2.50 bits per heavy atom. The largest absolute Gasteiger partial charge is 0.375 e. The Morgan fingerprint density at radius 1 is 1.39 bits per heavy atom. The van der Waals surface area contributed by atoms with Crippen molar-refractivity contribution >= 4 is 5.91 Å². The van der Waals surface area contributed by atoms with Gasteiger partial charge in [-0.15, -0.1) is 0 Å². The van der Waals surface area contributed by atoms with Gasteiger partial charge in [-0.05, 0) is 20.3 Å². The molecule has 2 atom stereocenters. The molecule has 2 rings (SSSR count). The molecule has 2 unspecified atom stereocenters. The predicted octanol–water partition coefficient (Wildman–Crippen LogP) is 1.83. The highest BCUT2D eigenvalue weighted by Gasteiger charge is 2.51. The van der Waals surface area contributed by atoms with E-state index < -0.39 is 0 Å². The summed E-state index contributed by atoms with van der Waals surface area (Å²) in [6, 6.07) is 0. The summed E-state index contributed by atoms with van der Waals surface area (Å²) in [6.45, 7) is 12.6. The standard InChI is InChI=1S/C14H25NO3/c1-10(16)15-7-6-12(18-9-11-8-17-11)13(2,3)14(15,4)5/h11-12H,6-9H2,1-5H3. The average molecular weight is 255 g/mol. The van der Waals surface area contributed by atoms with Crippen LogP contribution in [0.1, 0.15) is 41.0 Å². The Bertz CT molecular complexity index is 334. The average Bonchev–Trinajstić information content (AvgIpc) is 3.03. The van der Waals surface area contributed by atoms with Crippen molar-refractivity contribution in [2.45, 2.75) is 58.8 Å². The number of hydrogen-bond donors (Lipinski definition) is 0. The molecule has 0 aromatic rings. The van der Waals surface area contributed by atoms with Crippen LogP contribution in [-0.4, -0.2) is 48.3 Å². The Balaban J connectivity index is 2.08. The van der Waals surface area contributed by atoms with E-state index in [2.05, 4.69) is 27.7 Å². The third-order valence-corrected chi connectivity index (χ3v) is 4.94. The van der Waals surface area contributed by atoms with Crippen molar-refractivity contribution in [3.63, 3.8) is 0 Å². The van der Waals surface area contributed by atoms with Crippen molar-refractivity contribution in [3.05, 3.63) is 0 Å². The predicted molar refractivity (Wildman–Crippen MR) is 69.3 cm³/mol. The number of epoxide rings is 1. The summed E-state index contributed by atoms with van der Waals surface area (Å²) in [6.07, 6.45) is 1.39. The Labute approximate surface area is 110 Å². The summed E-state index contributed by atoms with van der Waals surface area (Å²) in [5, 5.41) is 0. The second kappa shape index (κ2) is 4.49. The first kappa shape index (κ1) is 13.8. The molecule has 2 aliphatic rings. The van der Waals surface area contributed by atoms with E-state index >= 15 is 0 Å². The second-order valence-electron chi connectivity index (χ2n) is 6.52. The smallest absolute Gasteiger partial charge is 0.219 e. The molecule has 0 bridgehead atoms. The number of carbonyl (C=O) groups excluding carboxylic acids is 1. The molecule has 4 heteroatoms. The van der Waals surface area contributed by atoms with Crippen LogP contribution in [0.3, 0.4) is 0 Å². The van der Waals surface area contributed by atoms with E-state index in [1.807, 2.05) is 4.90 Å². The lowest BCUT2D eigenvalue weighted by molar-refractivity contribution is -0.164. The first-order valence-electron chi connectivity index (χ1n) is 6.78. The van der Waals surface area contributed by atoms with E-state index in [4.69, 9.17) is 9.47 Å². The molecule has 0 saturated carbocycles. The maximum atomic E-state index is 11.8. The highest BCUT2D eigenvalue weighted by Crippen LogP contribution is 2.45. The van der Waals surface area contributed by atoms with Crippen LogP contribution in [-0.2, 0) is 14.3 Å². The summed E-state index contributed by atoms with van der Waals surface area (Å²) >= 11 is 0. The molecule has 0 N–H and O–H groups in total. The molecule has 2 saturated heterocycles. The lowest BCUT2D eigenvalue weighted by atomic mass is 9.66. The van der Waals surface area contributed by atoms with Gasteiger partial charge in [0.1, 0.15) is 6.10 Å². The summed E-state index contributed by atoms with van der Waals surface area (Å²) < 4.78 is 11.2. The third kappa shape index (κ3) is 2.28. The molecule has 0 spiro atoms. The molecule has 104 valence electrons. The zero-order chi connectivity index (χ0) is 13.6. The highest BCUT2D eigenvalue weighted by molar-refractivity contribution is 5.74. The van der Waals surface area contributed by atoms with Gasteiger partial charge >= 0.3 is 0 Å². The van der Waals surface area contributed by atoms with Gasteiger partial charge in [0.2, 0.25) is 5.91 Å². The van der Waals surface area contributed by atoms with Crippen molar-refractivity contribution in [2.75, 3.05) is 19.8 Å². The summed E-state index contributed by atoms with van der Waals surface area (Å²) in [5.74, 6) is 0.150. The van der Waals surface area contributed by atoms with E-state index in [0.717, 1.165) is 19.6 Å². The van der Waals surface area contributed by atoms with E-state index in [9.17, 15) is 4.79 Å². The van der Waals surface area contributed by atoms with Gasteiger partial charge in [0.25, 0.3) is 0 Å². The van der Waals surface area contributed by atoms with Gasteiger partial charge < -0.3 is 14.4 Å². The topological polar surface area (TPSA) is 42.1 Å². The summed E-state index contributed by atoms with van der Waals surface area (Å²) in [4.78, 5) is 13.7. The minimum Gasteiger partial charge on any atom is -0.375 e. The number of piperidine rings is 1. The quantitative estimate of drug-likeness (QED) is 0.722. The van der Waals surface area contributed by atoms with Crippen molar-refractivity contribution in [2.24, 2.45) is 5.41 Å². The lowest BCUT2D eigenvalue weighted by Gasteiger charge is -2.56. The van der Waals surface area contributed by atoms with Crippen molar-refractivity contribution in [1.29, 1.82) is 0 Å². The van der Waals surface area contributed by atoms with E-state index in [1.54, 1.807) is 6.92 Å². The number of nitrogens with zero attached hydrogens (tertiary/aromatic N) is 1. The minimum atomic E-state index is -0.188. The molecule has 0 aromatic heterocycles. The Hall–Kier alpha value is -0.610. The zero-order valence-corrected chi connectivity index (χ0v) is 12.2. The van der Waals surface area contributed by atoms with Crippen LogP contribution in [0.25, 0.3) is 0 Å². The fourth-order valence-electron chi connectivity index (χ4n) is 2.86. The first-order valence-corrected chi connectivity index (χ1v) is 6.78. The molecule has 0 aliphatic carbocycles. The maximum absolute atomic E-state index is 11.8. The first-order chi connectivity index (χ1) is 8.26. The molecule has 0 radical (unpaired) electrons. The van der Waals surface area contributed by atoms with Crippen molar-refractivity contribution in [3.8, 4) is 0 Å². The van der Waals surface area contributed by atoms with Crippen molar-refractivity contribution < 1.29 is 14.3 Å². The zero-order valence-electron chi connectivity index (χ0n) is 12.2. The number of likely N-dealkylation sites (tertiary alicyclic amines) is 1. The highest BCUT2D eigenvalue weighted by atomic mass is 16.6. The normalized spacial score (nSPS) is 33.3. The van der Waals surface area contributed by atoms with Crippen LogP contribution >= 0.6 is 0 Å². The molecule has 2 fully saturated rings. The molecule has 2 aliphatic heterocycles. The fourth-order valence-corrected chi connectivity index (χ4v) is 2.86. The van der Waals surface area contributed by atoms with Gasteiger partial charge in [-0.1, -0.05) is 13.8 Å². The number of amides is 1. The van der Waals surface area contributed by atoms with Gasteiger partial charge in [0.15, 0.2) is 0 Å². The van der Waals surface area contributed by atoms with Crippen LogP contribution in [0.2, 0.25) is 0 Å². The Kier molecular flexibility index (Phi) is 3.45. The Morgan fingerprint density at radius 2 is 2.00 bits per heavy atom. The van der Waals surface area contributed by atoms with Crippen LogP contribution in [0, 0.1) is 5.41 Å². The minimum absolute atomic E-state index is 0.0637. The van der Waals surface area contributed by atoms with Crippen LogP contribution < -0.4 is 0 Å². The van der Waals surface area contributed by atoms with E-state index in [-0.39, 0.29) is 23.0 Å². The monoisotopic (exact) mass is 255 g/mol. The van der Waals surface area contributed by atoms with E-state index in [0.29, 0.717) is 12.7 Å². The maximum Gasteiger partial charge on any atom is 0.219 e. The third-order valence-electron chi connectivity index (χ3n) is 4.94. The SMILES string of the molecule is CC(=O)N1CCC(OCC2CO2)C(C)(C)C1(C)C. The molecule has 1 amide bonds. The number of hydrogen-bond acceptors (Lipinski definition) is 3. The lowest BCUT2D eigenvalue weighted by Crippen LogP contribution is -2.64. The summed E-state index contributed by atoms with van der Waals surface area (Å²) in [7, 11) is 0. The molecule has 2 heterocycles. The fraction of sp³-hybridized carbons (Fsp3) is 0.929. The second-order valence-corrected chi connectivity index (χ2v) is 6.52. The molecule has 0 aromatic carbocycles. The van der Waals surface area contributed by atoms with E-state index in [1.165, 1.54) is 0 Å². The van der Waals surface area contributed by atoms with Gasteiger partial charge in [-0.2, -0.15) is 0 Å². The number of rotatable bonds is 3. The van der Waals surface area contributed by atoms with Crippen LogP contribution in [0.5, 0.6) is 0 Å². The van der Waals surface area contributed by atoms with Gasteiger partial charge in [-0.25, -0.2) is 0 Å². The van der Waals surface area contributed by atoms with Gasteiger partial charge in [0.05, 0.1) is 19.3 Å². The molecule has 4 nitrogen and oxygen atoms in total. The number of ether oxygens (including phenoxy) is 2. The van der Waals surface area contributed by atoms with Crippen LogP contribution in [0.4, 0.5) is 0 Å². The van der Waals surface area contributed by atoms with Gasteiger partial charge in [-0.3, -0.25) is 4.79 Å². The van der Waals surface area contributed by atoms with Crippen LogP contribution in [0.15, 0.2) is 0 Å². The molecular weight excluding hydrogens is 230 g/mol.